The predicted octanol–water partition coefficient (Wildman–Crippen LogP) is 4.28. The van der Waals surface area contributed by atoms with Gasteiger partial charge in [0, 0.05) is 33.4 Å². The van der Waals surface area contributed by atoms with Crippen molar-refractivity contribution in [2.45, 2.75) is 103 Å². The molecule has 256 valence electrons. The molecule has 2 amide bonds. The van der Waals surface area contributed by atoms with E-state index in [0.717, 1.165) is 0 Å². The normalized spacial score (nSPS) is 8.38. The van der Waals surface area contributed by atoms with E-state index < -0.39 is 29.6 Å². The zero-order chi connectivity index (χ0) is 32.2. The van der Waals surface area contributed by atoms with E-state index in [0.29, 0.717) is 26.1 Å². The Morgan fingerprint density at radius 1 is 0.643 bits per heavy atom. The first-order valence-electron chi connectivity index (χ1n) is 12.4. The van der Waals surface area contributed by atoms with Crippen molar-refractivity contribution in [3.05, 3.63) is 0 Å². The monoisotopic (exact) mass is 617 g/mol. The number of carbonyl (C=O) groups excluding carboxylic acids is 4. The van der Waals surface area contributed by atoms with Crippen LogP contribution in [0.4, 0.5) is 4.79 Å². The Kier molecular flexibility index (Phi) is 52.1. The lowest BCUT2D eigenvalue weighted by Gasteiger charge is -2.23. The molecule has 0 aliphatic rings. The number of carboxylic acids is 2. The Balaban J connectivity index is -0.0000000626. The zero-order valence-electron chi connectivity index (χ0n) is 25.5. The molecule has 14 nitrogen and oxygen atoms in total. The maximum Gasteiger partial charge on any atom is 0.410 e. The summed E-state index contributed by atoms with van der Waals surface area (Å²) in [5, 5.41) is 16.0. The van der Waals surface area contributed by atoms with Crippen LogP contribution in [0.25, 0.3) is 0 Å². The number of carbonyl (C=O) groups is 6. The Bertz CT molecular complexity index is 695. The topological polar surface area (TPSA) is 203 Å². The number of ether oxygens (including phenoxy) is 3. The van der Waals surface area contributed by atoms with E-state index in [2.05, 4.69) is 10.5 Å². The zero-order valence-corrected chi connectivity index (χ0v) is 25.5. The van der Waals surface area contributed by atoms with E-state index in [1.807, 2.05) is 0 Å². The van der Waals surface area contributed by atoms with Crippen molar-refractivity contribution in [1.29, 1.82) is 0 Å². The Labute approximate surface area is 254 Å². The summed E-state index contributed by atoms with van der Waals surface area (Å²) in [7, 11) is 4.46. The van der Waals surface area contributed by atoms with Gasteiger partial charge in [-0.25, -0.2) is 4.79 Å². The number of rotatable bonds is 9. The molecule has 0 aliphatic carbocycles. The highest BCUT2D eigenvalue weighted by Crippen LogP contribution is 2.08. The van der Waals surface area contributed by atoms with Gasteiger partial charge in [0.25, 0.3) is 0 Å². The molecule has 0 saturated heterocycles. The van der Waals surface area contributed by atoms with Crippen molar-refractivity contribution in [2.75, 3.05) is 47.4 Å². The number of carboxylic acid groups (broad SMARTS) is 2. The van der Waals surface area contributed by atoms with Crippen LogP contribution in [0.3, 0.4) is 0 Å². The Morgan fingerprint density at radius 2 is 1.02 bits per heavy atom. The third-order valence-electron chi connectivity index (χ3n) is 3.37. The van der Waals surface area contributed by atoms with Gasteiger partial charge in [-0.05, 0) is 41.7 Å². The van der Waals surface area contributed by atoms with E-state index >= 15 is 0 Å². The summed E-state index contributed by atoms with van der Waals surface area (Å²) in [6.07, 6.45) is 0.521. The van der Waals surface area contributed by atoms with Gasteiger partial charge in [0.15, 0.2) is 0 Å². The number of hydrogen-bond acceptors (Lipinski definition) is 10. The third kappa shape index (κ3) is 52.9. The van der Waals surface area contributed by atoms with E-state index in [4.69, 9.17) is 19.7 Å². The minimum Gasteiger partial charge on any atom is -0.481 e. The number of aliphatic carboxylic acids is 2. The van der Waals surface area contributed by atoms with Gasteiger partial charge in [-0.15, -0.1) is 0 Å². The molecule has 0 bridgehead atoms. The van der Waals surface area contributed by atoms with Gasteiger partial charge >= 0.3 is 30.0 Å². The fraction of sp³-hybridized carbons (Fsp3) is 0.786. The van der Waals surface area contributed by atoms with Crippen molar-refractivity contribution in [3.63, 3.8) is 0 Å². The van der Waals surface area contributed by atoms with Crippen LogP contribution >= 0.6 is 0 Å². The summed E-state index contributed by atoms with van der Waals surface area (Å²) in [5.74, 6) is -2.44. The number of likely N-dealkylation sites (N-methyl/N-ethyl adjacent to an activating group) is 2. The molecule has 0 radical (unpaired) electrons. The lowest BCUT2D eigenvalue weighted by atomic mass is 10.2. The van der Waals surface area contributed by atoms with Gasteiger partial charge in [-0.1, -0.05) is 43.1 Å². The summed E-state index contributed by atoms with van der Waals surface area (Å²) in [5.41, 5.74) is 3.94. The SMILES string of the molecule is C.C.C.CCC(=O)N(C)CC(=O)O.CCC(=O)O.CCOC(=O)CC.CCOC(=O)CN(C)C(=O)OC(C)(C)C.CN. The number of hydrogen-bond donors (Lipinski definition) is 3. The van der Waals surface area contributed by atoms with Crippen molar-refractivity contribution in [3.8, 4) is 0 Å². The minimum absolute atomic E-state index is 0. The van der Waals surface area contributed by atoms with Crippen LogP contribution in [0.5, 0.6) is 0 Å². The van der Waals surface area contributed by atoms with E-state index in [1.165, 1.54) is 30.9 Å². The molecular weight excluding hydrogens is 554 g/mol. The van der Waals surface area contributed by atoms with E-state index in [9.17, 15) is 28.8 Å². The molecule has 0 saturated carbocycles. The molecule has 0 atom stereocenters. The number of esters is 2. The first kappa shape index (κ1) is 58.3. The molecule has 4 N–H and O–H groups in total. The smallest absolute Gasteiger partial charge is 0.410 e. The van der Waals surface area contributed by atoms with Crippen LogP contribution in [-0.2, 0) is 38.2 Å². The average Bonchev–Trinajstić information content (AvgIpc) is 2.84. The van der Waals surface area contributed by atoms with Crippen LogP contribution < -0.4 is 5.73 Å². The molecular formula is C28H63N3O11. The maximum absolute atomic E-state index is 11.4. The van der Waals surface area contributed by atoms with Crippen LogP contribution in [0.2, 0.25) is 0 Å². The average molecular weight is 618 g/mol. The standard InChI is InChI=1S/C10H19NO4.C6H11NO3.C5H10O2.C3H6O2.CH5N.3CH4/c1-6-14-8(12)7-11(5)9(13)15-10(2,3)4;1-3-5(8)7(2)4-6(9)10;1-3-5(6)7-4-2;1-2-3(4)5;1-2;;;/h6-7H2,1-5H3;3-4H2,1-2H3,(H,9,10);3-4H2,1-2H3;2H2,1H3,(H,4,5);2H2,1H3;3*1H4. The predicted molar refractivity (Wildman–Crippen MR) is 166 cm³/mol. The maximum atomic E-state index is 11.4. The van der Waals surface area contributed by atoms with Gasteiger partial charge < -0.3 is 40.0 Å². The molecule has 0 fully saturated rings. The van der Waals surface area contributed by atoms with E-state index in [1.54, 1.807) is 55.4 Å². The lowest BCUT2D eigenvalue weighted by Crippen LogP contribution is -2.37. The highest BCUT2D eigenvalue weighted by atomic mass is 16.6. The summed E-state index contributed by atoms with van der Waals surface area (Å²) in [6.45, 7) is 14.4. The molecule has 0 unspecified atom stereocenters. The fourth-order valence-corrected chi connectivity index (χ4v) is 1.63. The third-order valence-corrected chi connectivity index (χ3v) is 3.37. The van der Waals surface area contributed by atoms with Crippen molar-refractivity contribution < 1.29 is 53.2 Å². The quantitative estimate of drug-likeness (QED) is 0.245. The molecule has 0 spiro atoms. The number of nitrogens with two attached hydrogens (primary N) is 1. The second-order valence-corrected chi connectivity index (χ2v) is 8.04. The van der Waals surface area contributed by atoms with E-state index in [-0.39, 0.29) is 53.7 Å². The van der Waals surface area contributed by atoms with Crippen molar-refractivity contribution in [2.24, 2.45) is 5.73 Å². The molecule has 0 aliphatic heterocycles. The largest absolute Gasteiger partial charge is 0.481 e. The highest BCUT2D eigenvalue weighted by Gasteiger charge is 2.21. The van der Waals surface area contributed by atoms with Crippen LogP contribution in [-0.4, -0.2) is 109 Å². The van der Waals surface area contributed by atoms with Crippen molar-refractivity contribution >= 4 is 35.9 Å². The van der Waals surface area contributed by atoms with Crippen LogP contribution in [0, 0.1) is 0 Å². The summed E-state index contributed by atoms with van der Waals surface area (Å²) >= 11 is 0. The second-order valence-electron chi connectivity index (χ2n) is 8.04. The highest BCUT2D eigenvalue weighted by molar-refractivity contribution is 5.80. The molecule has 0 aromatic carbocycles. The molecule has 14 heteroatoms. The lowest BCUT2D eigenvalue weighted by molar-refractivity contribution is -0.144. The van der Waals surface area contributed by atoms with Gasteiger partial charge in [-0.3, -0.25) is 24.0 Å². The van der Waals surface area contributed by atoms with Crippen molar-refractivity contribution in [1.82, 2.24) is 9.80 Å². The first-order chi connectivity index (χ1) is 17.9. The molecule has 42 heavy (non-hydrogen) atoms. The fourth-order valence-electron chi connectivity index (χ4n) is 1.63. The second kappa shape index (κ2) is 37.6. The van der Waals surface area contributed by atoms with Crippen LogP contribution in [0.1, 0.15) is 96.9 Å². The van der Waals surface area contributed by atoms with Gasteiger partial charge in [0.1, 0.15) is 18.7 Å². The number of nitrogens with zero attached hydrogens (tertiary/aromatic N) is 2. The molecule has 0 aromatic heterocycles. The summed E-state index contributed by atoms with van der Waals surface area (Å²) in [4.78, 5) is 65.1. The summed E-state index contributed by atoms with van der Waals surface area (Å²) in [6, 6.07) is 0. The van der Waals surface area contributed by atoms with Gasteiger partial charge in [0.05, 0.1) is 13.2 Å². The minimum atomic E-state index is -0.982. The molecule has 0 aromatic rings. The van der Waals surface area contributed by atoms with Crippen LogP contribution in [0.15, 0.2) is 0 Å². The molecule has 0 heterocycles. The Hall–Kier alpha value is -3.42. The summed E-state index contributed by atoms with van der Waals surface area (Å²) < 4.78 is 14.3. The molecule has 0 rings (SSSR count). The Morgan fingerprint density at radius 3 is 1.26 bits per heavy atom. The number of amides is 2. The first-order valence-corrected chi connectivity index (χ1v) is 12.4. The van der Waals surface area contributed by atoms with Gasteiger partial charge in [0.2, 0.25) is 5.91 Å². The van der Waals surface area contributed by atoms with Gasteiger partial charge in [-0.2, -0.15) is 0 Å².